The van der Waals surface area contributed by atoms with Crippen molar-refractivity contribution >= 4 is 23.2 Å². The third-order valence-corrected chi connectivity index (χ3v) is 4.66. The molecule has 0 spiro atoms. The molecular formula is C23H19FN6O. The maximum Gasteiger partial charge on any atom is 0.256 e. The van der Waals surface area contributed by atoms with Crippen molar-refractivity contribution in [2.24, 2.45) is 0 Å². The number of hydrogen-bond donors (Lipinski definition) is 2. The van der Waals surface area contributed by atoms with Crippen LogP contribution >= 0.6 is 0 Å². The van der Waals surface area contributed by atoms with Gasteiger partial charge in [0, 0.05) is 41.1 Å². The van der Waals surface area contributed by atoms with Crippen molar-refractivity contribution in [3.05, 3.63) is 90.1 Å². The van der Waals surface area contributed by atoms with Gasteiger partial charge < -0.3 is 10.6 Å². The quantitative estimate of drug-likeness (QED) is 0.475. The van der Waals surface area contributed by atoms with Crippen molar-refractivity contribution in [2.45, 2.75) is 13.6 Å². The molecule has 4 rings (SSSR count). The minimum absolute atomic E-state index is 0.307. The highest BCUT2D eigenvalue weighted by Crippen LogP contribution is 2.25. The van der Waals surface area contributed by atoms with E-state index < -0.39 is 6.67 Å². The average Bonchev–Trinajstić information content (AvgIpc) is 2.82. The molecule has 0 atom stereocenters. The zero-order valence-electron chi connectivity index (χ0n) is 16.7. The van der Waals surface area contributed by atoms with Crippen molar-refractivity contribution in [3.8, 4) is 11.3 Å². The minimum atomic E-state index is -0.704. The van der Waals surface area contributed by atoms with Crippen LogP contribution in [0.15, 0.2) is 73.4 Å². The fraction of sp³-hybridized carbons (Fsp3) is 0.0870. The number of rotatable bonds is 6. The Balaban J connectivity index is 1.56. The van der Waals surface area contributed by atoms with Crippen molar-refractivity contribution in [1.82, 2.24) is 19.9 Å². The molecule has 4 aromatic rings. The molecule has 0 aliphatic rings. The summed E-state index contributed by atoms with van der Waals surface area (Å²) in [6.45, 7) is 1.23. The number of aryl methyl sites for hydroxylation is 1. The van der Waals surface area contributed by atoms with Gasteiger partial charge in [-0.2, -0.15) is 0 Å². The topological polar surface area (TPSA) is 92.7 Å². The van der Waals surface area contributed by atoms with E-state index in [0.717, 1.165) is 16.8 Å². The van der Waals surface area contributed by atoms with Gasteiger partial charge in [-0.15, -0.1) is 0 Å². The third-order valence-electron chi connectivity index (χ3n) is 4.66. The molecular weight excluding hydrogens is 395 g/mol. The van der Waals surface area contributed by atoms with Crippen LogP contribution in [0.1, 0.15) is 21.5 Å². The van der Waals surface area contributed by atoms with Gasteiger partial charge in [0.05, 0.1) is 5.69 Å². The fourth-order valence-electron chi connectivity index (χ4n) is 3.02. The van der Waals surface area contributed by atoms with Gasteiger partial charge in [0.15, 0.2) is 0 Å². The van der Waals surface area contributed by atoms with E-state index in [4.69, 9.17) is 0 Å². The molecule has 0 bridgehead atoms. The second-order valence-electron chi connectivity index (χ2n) is 6.79. The van der Waals surface area contributed by atoms with Crippen LogP contribution < -0.4 is 10.6 Å². The van der Waals surface area contributed by atoms with Crippen molar-refractivity contribution in [1.29, 1.82) is 0 Å². The van der Waals surface area contributed by atoms with Crippen molar-refractivity contribution in [2.75, 3.05) is 10.6 Å². The molecule has 0 saturated heterocycles. The Kier molecular flexibility index (Phi) is 5.89. The molecule has 2 aromatic heterocycles. The molecule has 7 nitrogen and oxygen atoms in total. The number of nitrogens with one attached hydrogen (secondary N) is 2. The maximum atomic E-state index is 13.2. The maximum absolute atomic E-state index is 13.2. The first-order valence-corrected chi connectivity index (χ1v) is 9.55. The van der Waals surface area contributed by atoms with E-state index in [1.54, 1.807) is 61.1 Å². The molecule has 0 fully saturated rings. The first kappa shape index (κ1) is 20.1. The number of anilines is 3. The number of carbonyl (C=O) groups is 1. The molecule has 31 heavy (non-hydrogen) atoms. The van der Waals surface area contributed by atoms with Gasteiger partial charge >= 0.3 is 0 Å². The predicted molar refractivity (Wildman–Crippen MR) is 117 cm³/mol. The molecule has 1 amide bonds. The number of nitrogens with zero attached hydrogens (tertiary/aromatic N) is 4. The lowest BCUT2D eigenvalue weighted by molar-refractivity contribution is 0.102. The number of halogens is 1. The molecule has 0 aliphatic heterocycles. The third kappa shape index (κ3) is 4.69. The number of amides is 1. The summed E-state index contributed by atoms with van der Waals surface area (Å²) in [7, 11) is 0. The summed E-state index contributed by atoms with van der Waals surface area (Å²) >= 11 is 0. The van der Waals surface area contributed by atoms with E-state index in [2.05, 4.69) is 30.6 Å². The molecule has 2 aromatic carbocycles. The van der Waals surface area contributed by atoms with Gasteiger partial charge in [-0.05, 0) is 42.3 Å². The lowest BCUT2D eigenvalue weighted by atomic mass is 10.1. The summed E-state index contributed by atoms with van der Waals surface area (Å²) in [6.07, 6.45) is 6.46. The highest BCUT2D eigenvalue weighted by molar-refractivity contribution is 6.05. The number of carbonyl (C=O) groups excluding carboxylic acids is 1. The Bertz CT molecular complexity index is 1220. The van der Waals surface area contributed by atoms with Crippen molar-refractivity contribution < 1.29 is 9.18 Å². The summed E-state index contributed by atoms with van der Waals surface area (Å²) in [4.78, 5) is 29.4. The number of aromatic nitrogens is 4. The first-order valence-electron chi connectivity index (χ1n) is 9.55. The largest absolute Gasteiger partial charge is 0.324 e. The fourth-order valence-corrected chi connectivity index (χ4v) is 3.02. The average molecular weight is 414 g/mol. The number of alkyl halides is 1. The van der Waals surface area contributed by atoms with Crippen LogP contribution in [0, 0.1) is 6.92 Å². The Morgan fingerprint density at radius 3 is 2.68 bits per heavy atom. The zero-order valence-corrected chi connectivity index (χ0v) is 16.7. The number of benzene rings is 2. The minimum Gasteiger partial charge on any atom is -0.324 e. The van der Waals surface area contributed by atoms with Crippen LogP contribution in [0.4, 0.5) is 21.7 Å². The second-order valence-corrected chi connectivity index (χ2v) is 6.79. The highest BCUT2D eigenvalue weighted by Gasteiger charge is 2.12. The summed E-state index contributed by atoms with van der Waals surface area (Å²) in [6, 6.07) is 13.8. The second kappa shape index (κ2) is 9.08. The highest BCUT2D eigenvalue weighted by atomic mass is 19.1. The smallest absolute Gasteiger partial charge is 0.256 e. The van der Waals surface area contributed by atoms with Crippen LogP contribution in [-0.4, -0.2) is 25.8 Å². The van der Waals surface area contributed by atoms with E-state index in [0.29, 0.717) is 28.5 Å². The summed E-state index contributed by atoms with van der Waals surface area (Å²) in [5.41, 5.74) is 4.36. The summed E-state index contributed by atoms with van der Waals surface area (Å²) < 4.78 is 13.2. The van der Waals surface area contributed by atoms with E-state index >= 15 is 0 Å². The molecule has 2 heterocycles. The first-order chi connectivity index (χ1) is 15.1. The molecule has 154 valence electrons. The molecule has 2 N–H and O–H groups in total. The van der Waals surface area contributed by atoms with Gasteiger partial charge in [-0.1, -0.05) is 24.3 Å². The van der Waals surface area contributed by atoms with Crippen LogP contribution in [-0.2, 0) is 6.67 Å². The normalized spacial score (nSPS) is 10.5. The predicted octanol–water partition coefficient (Wildman–Crippen LogP) is 4.71. The Morgan fingerprint density at radius 1 is 1.06 bits per heavy atom. The van der Waals surface area contributed by atoms with Gasteiger partial charge in [-0.3, -0.25) is 4.79 Å². The Morgan fingerprint density at radius 2 is 1.87 bits per heavy atom. The van der Waals surface area contributed by atoms with E-state index in [1.165, 1.54) is 6.33 Å². The van der Waals surface area contributed by atoms with Crippen LogP contribution in [0.5, 0.6) is 0 Å². The van der Waals surface area contributed by atoms with Crippen LogP contribution in [0.2, 0.25) is 0 Å². The van der Waals surface area contributed by atoms with E-state index in [-0.39, 0.29) is 5.91 Å². The van der Waals surface area contributed by atoms with Crippen LogP contribution in [0.3, 0.4) is 0 Å². The lowest BCUT2D eigenvalue weighted by Gasteiger charge is -2.13. The Labute approximate surface area is 178 Å². The molecule has 0 radical (unpaired) electrons. The number of hydrogen-bond acceptors (Lipinski definition) is 6. The van der Waals surface area contributed by atoms with E-state index in [1.807, 2.05) is 13.0 Å². The van der Waals surface area contributed by atoms with Crippen molar-refractivity contribution in [3.63, 3.8) is 0 Å². The summed E-state index contributed by atoms with van der Waals surface area (Å²) in [5.74, 6) is 0.0288. The summed E-state index contributed by atoms with van der Waals surface area (Å²) in [5, 5.41) is 6.00. The molecule has 0 unspecified atom stereocenters. The van der Waals surface area contributed by atoms with Gasteiger partial charge in [0.25, 0.3) is 5.91 Å². The zero-order chi connectivity index (χ0) is 21.6. The van der Waals surface area contributed by atoms with Gasteiger partial charge in [0.2, 0.25) is 5.95 Å². The molecule has 0 saturated carbocycles. The standard InChI is InChI=1S/C23H19FN6O/c1-15-6-7-18(28-22(31)19-5-3-2-4-16(19)11-24)10-21(15)30-23-27-9-8-20(29-23)17-12-25-14-26-13-17/h2-10,12-14H,11H2,1H3,(H,28,31)(H,27,29,30). The SMILES string of the molecule is Cc1ccc(NC(=O)c2ccccc2CF)cc1Nc1nccc(-c2cncnc2)n1. The van der Waals surface area contributed by atoms with Crippen LogP contribution in [0.25, 0.3) is 11.3 Å². The monoisotopic (exact) mass is 414 g/mol. The van der Waals surface area contributed by atoms with Gasteiger partial charge in [0.1, 0.15) is 13.0 Å². The van der Waals surface area contributed by atoms with Gasteiger partial charge in [-0.25, -0.2) is 24.3 Å². The molecule has 0 aliphatic carbocycles. The lowest BCUT2D eigenvalue weighted by Crippen LogP contribution is -2.14. The van der Waals surface area contributed by atoms with E-state index in [9.17, 15) is 9.18 Å². The Hall–Kier alpha value is -4.20. The molecule has 8 heteroatoms.